The second-order valence-corrected chi connectivity index (χ2v) is 5.04. The molecule has 1 aromatic heterocycles. The lowest BCUT2D eigenvalue weighted by Crippen LogP contribution is -2.10. The number of hydrogen-bond acceptors (Lipinski definition) is 5. The third-order valence-corrected chi connectivity index (χ3v) is 3.53. The van der Waals surface area contributed by atoms with E-state index in [9.17, 15) is 14.9 Å². The number of carbonyl (C=O) groups excluding carboxylic acids is 1. The Hall–Kier alpha value is -2.25. The van der Waals surface area contributed by atoms with Crippen molar-refractivity contribution in [3.63, 3.8) is 0 Å². The Labute approximate surface area is 119 Å². The lowest BCUT2D eigenvalue weighted by atomic mass is 10.2. The van der Waals surface area contributed by atoms with Crippen molar-refractivity contribution >= 4 is 27.9 Å². The molecule has 2 rings (SSSR count). The van der Waals surface area contributed by atoms with Crippen LogP contribution >= 0.6 is 11.3 Å². The van der Waals surface area contributed by atoms with Crippen LogP contribution in [0.3, 0.4) is 0 Å². The van der Waals surface area contributed by atoms with Gasteiger partial charge in [0.2, 0.25) is 0 Å². The number of nitrogens with zero attached hydrogens (tertiary/aromatic N) is 1. The Morgan fingerprint density at radius 2 is 2.20 bits per heavy atom. The number of benzene rings is 1. The first-order valence-electron chi connectivity index (χ1n) is 5.73. The van der Waals surface area contributed by atoms with Crippen LogP contribution in [0.1, 0.15) is 15.2 Å². The Bertz CT molecular complexity index is 639. The molecule has 1 aromatic carbocycles. The molecule has 0 fully saturated rings. The van der Waals surface area contributed by atoms with Crippen molar-refractivity contribution in [2.45, 2.75) is 6.61 Å². The number of nitro groups is 1. The average Bonchev–Trinajstić information content (AvgIpc) is 2.89. The number of thiophene rings is 1. The molecule has 0 radical (unpaired) electrons. The number of hydrogen-bond donors (Lipinski definition) is 1. The van der Waals surface area contributed by atoms with Gasteiger partial charge in [-0.1, -0.05) is 23.5 Å². The Kier molecular flexibility index (Phi) is 4.44. The van der Waals surface area contributed by atoms with Gasteiger partial charge in [-0.25, -0.2) is 0 Å². The highest BCUT2D eigenvalue weighted by molar-refractivity contribution is 7.17. The number of nitrogens with one attached hydrogen (secondary N) is 1. The van der Waals surface area contributed by atoms with Gasteiger partial charge < -0.3 is 10.1 Å². The summed E-state index contributed by atoms with van der Waals surface area (Å²) in [6.07, 6.45) is 0. The van der Waals surface area contributed by atoms with E-state index in [-0.39, 0.29) is 10.9 Å². The van der Waals surface area contributed by atoms with Crippen LogP contribution in [0.15, 0.2) is 36.4 Å². The molecule has 0 atom stereocenters. The monoisotopic (exact) mass is 292 g/mol. The molecule has 20 heavy (non-hydrogen) atoms. The number of ether oxygens (including phenoxy) is 1. The van der Waals surface area contributed by atoms with Crippen LogP contribution in [-0.4, -0.2) is 17.9 Å². The fourth-order valence-corrected chi connectivity index (χ4v) is 2.36. The number of amides is 1. The number of methoxy groups -OCH3 is 1. The normalized spacial score (nSPS) is 10.2. The minimum absolute atomic E-state index is 0.0525. The molecule has 1 amide bonds. The summed E-state index contributed by atoms with van der Waals surface area (Å²) in [6, 6.07) is 10.00. The zero-order valence-corrected chi connectivity index (χ0v) is 11.5. The van der Waals surface area contributed by atoms with Gasteiger partial charge in [0.1, 0.15) is 0 Å². The first kappa shape index (κ1) is 14.2. The van der Waals surface area contributed by atoms with E-state index in [0.29, 0.717) is 17.2 Å². The van der Waals surface area contributed by atoms with Gasteiger partial charge in [-0.3, -0.25) is 14.9 Å². The molecular formula is C13H12N2O4S. The maximum atomic E-state index is 12.0. The second-order valence-electron chi connectivity index (χ2n) is 3.98. The maximum Gasteiger partial charge on any atom is 0.324 e. The molecule has 6 nitrogen and oxygen atoms in total. The van der Waals surface area contributed by atoms with Crippen molar-refractivity contribution in [1.29, 1.82) is 0 Å². The molecule has 104 valence electrons. The second kappa shape index (κ2) is 6.27. The van der Waals surface area contributed by atoms with Crippen molar-refractivity contribution in [3.8, 4) is 0 Å². The van der Waals surface area contributed by atoms with Crippen LogP contribution in [0.25, 0.3) is 0 Å². The van der Waals surface area contributed by atoms with Gasteiger partial charge in [0.25, 0.3) is 5.91 Å². The van der Waals surface area contributed by atoms with Crippen molar-refractivity contribution < 1.29 is 14.5 Å². The van der Waals surface area contributed by atoms with Crippen LogP contribution < -0.4 is 5.32 Å². The summed E-state index contributed by atoms with van der Waals surface area (Å²) in [4.78, 5) is 22.3. The molecule has 7 heteroatoms. The smallest absolute Gasteiger partial charge is 0.324 e. The predicted octanol–water partition coefficient (Wildman–Crippen LogP) is 3.06. The highest BCUT2D eigenvalue weighted by Crippen LogP contribution is 2.24. The predicted molar refractivity (Wildman–Crippen MR) is 76.1 cm³/mol. The standard InChI is InChI=1S/C13H12N2O4S/c1-19-8-9-3-2-4-10(7-9)14-13(16)11-5-6-12(20-11)15(17)18/h2-7H,8H2,1H3,(H,14,16). The Morgan fingerprint density at radius 3 is 2.85 bits per heavy atom. The van der Waals surface area contributed by atoms with E-state index in [1.165, 1.54) is 12.1 Å². The van der Waals surface area contributed by atoms with E-state index in [1.54, 1.807) is 25.3 Å². The molecular weight excluding hydrogens is 280 g/mol. The van der Waals surface area contributed by atoms with Gasteiger partial charge in [-0.05, 0) is 23.8 Å². The SMILES string of the molecule is COCc1cccc(NC(=O)c2ccc([N+](=O)[O-])s2)c1. The highest BCUT2D eigenvalue weighted by Gasteiger charge is 2.15. The van der Waals surface area contributed by atoms with Crippen molar-refractivity contribution in [3.05, 3.63) is 57.0 Å². The zero-order valence-electron chi connectivity index (χ0n) is 10.7. The lowest BCUT2D eigenvalue weighted by Gasteiger charge is -2.05. The van der Waals surface area contributed by atoms with Crippen LogP contribution in [0.2, 0.25) is 0 Å². The molecule has 1 heterocycles. The third kappa shape index (κ3) is 3.40. The van der Waals surface area contributed by atoms with E-state index in [4.69, 9.17) is 4.74 Å². The van der Waals surface area contributed by atoms with Gasteiger partial charge in [0, 0.05) is 18.9 Å². The van der Waals surface area contributed by atoms with Crippen molar-refractivity contribution in [2.75, 3.05) is 12.4 Å². The highest BCUT2D eigenvalue weighted by atomic mass is 32.1. The summed E-state index contributed by atoms with van der Waals surface area (Å²) in [7, 11) is 1.59. The summed E-state index contributed by atoms with van der Waals surface area (Å²) in [5.41, 5.74) is 1.56. The topological polar surface area (TPSA) is 81.5 Å². The summed E-state index contributed by atoms with van der Waals surface area (Å²) in [6.45, 7) is 0.453. The first-order valence-corrected chi connectivity index (χ1v) is 6.55. The molecule has 1 N–H and O–H groups in total. The molecule has 0 aliphatic carbocycles. The molecule has 0 aliphatic heterocycles. The van der Waals surface area contributed by atoms with Gasteiger partial charge in [-0.2, -0.15) is 0 Å². The van der Waals surface area contributed by atoms with Crippen LogP contribution in [0.5, 0.6) is 0 Å². The summed E-state index contributed by atoms with van der Waals surface area (Å²) in [5.74, 6) is -0.363. The van der Waals surface area contributed by atoms with Crippen LogP contribution in [-0.2, 0) is 11.3 Å². The van der Waals surface area contributed by atoms with E-state index >= 15 is 0 Å². The fourth-order valence-electron chi connectivity index (χ4n) is 1.65. The van der Waals surface area contributed by atoms with Crippen molar-refractivity contribution in [1.82, 2.24) is 0 Å². The number of carbonyl (C=O) groups is 1. The molecule has 0 spiro atoms. The minimum Gasteiger partial charge on any atom is -0.380 e. The third-order valence-electron chi connectivity index (χ3n) is 2.49. The van der Waals surface area contributed by atoms with Gasteiger partial charge in [0.15, 0.2) is 0 Å². The van der Waals surface area contributed by atoms with Crippen molar-refractivity contribution in [2.24, 2.45) is 0 Å². The number of anilines is 1. The lowest BCUT2D eigenvalue weighted by molar-refractivity contribution is -0.380. The van der Waals surface area contributed by atoms with E-state index in [2.05, 4.69) is 5.32 Å². The van der Waals surface area contributed by atoms with E-state index < -0.39 is 4.92 Å². The molecule has 0 aliphatic rings. The zero-order chi connectivity index (χ0) is 14.5. The fraction of sp³-hybridized carbons (Fsp3) is 0.154. The largest absolute Gasteiger partial charge is 0.380 e. The van der Waals surface area contributed by atoms with Gasteiger partial charge >= 0.3 is 5.00 Å². The summed E-state index contributed by atoms with van der Waals surface area (Å²) >= 11 is 0.847. The number of rotatable bonds is 5. The molecule has 0 saturated heterocycles. The van der Waals surface area contributed by atoms with Crippen LogP contribution in [0.4, 0.5) is 10.7 Å². The molecule has 0 bridgehead atoms. The minimum atomic E-state index is -0.513. The Balaban J connectivity index is 2.10. The van der Waals surface area contributed by atoms with Gasteiger partial charge in [0.05, 0.1) is 16.4 Å². The molecule has 0 saturated carbocycles. The molecule has 0 unspecified atom stereocenters. The quantitative estimate of drug-likeness (QED) is 0.678. The van der Waals surface area contributed by atoms with E-state index in [0.717, 1.165) is 16.9 Å². The summed E-state index contributed by atoms with van der Waals surface area (Å²) < 4.78 is 5.02. The van der Waals surface area contributed by atoms with Gasteiger partial charge in [-0.15, -0.1) is 0 Å². The maximum absolute atomic E-state index is 12.0. The van der Waals surface area contributed by atoms with Crippen LogP contribution in [0, 0.1) is 10.1 Å². The molecule has 2 aromatic rings. The Morgan fingerprint density at radius 1 is 1.40 bits per heavy atom. The first-order chi connectivity index (χ1) is 9.60. The van der Waals surface area contributed by atoms with E-state index in [1.807, 2.05) is 6.07 Å². The average molecular weight is 292 g/mol. The summed E-state index contributed by atoms with van der Waals surface area (Å²) in [5, 5.41) is 13.2.